The molecule has 3 atom stereocenters. The first-order valence-electron chi connectivity index (χ1n) is 24.1. The van der Waals surface area contributed by atoms with E-state index < -0.39 is 20.0 Å². The van der Waals surface area contributed by atoms with Gasteiger partial charge in [0.1, 0.15) is 13.2 Å². The minimum atomic E-state index is -4.32. The third kappa shape index (κ3) is 41.4. The van der Waals surface area contributed by atoms with Crippen molar-refractivity contribution < 1.29 is 32.9 Å². The number of aliphatic hydroxyl groups is 1. The van der Waals surface area contributed by atoms with Crippen molar-refractivity contribution in [3.8, 4) is 0 Å². The number of nitrogens with zero attached hydrogens (tertiary/aromatic N) is 1. The number of phosphoric acid groups is 1. The van der Waals surface area contributed by atoms with E-state index in [0.29, 0.717) is 17.4 Å². The van der Waals surface area contributed by atoms with E-state index >= 15 is 0 Å². The number of aliphatic hydroxyl groups excluding tert-OH is 1. The average Bonchev–Trinajstić information content (AvgIpc) is 3.15. The molecule has 0 aromatic heterocycles. The van der Waals surface area contributed by atoms with Crippen LogP contribution >= 0.6 is 7.82 Å². The summed E-state index contributed by atoms with van der Waals surface area (Å²) in [5.74, 6) is -0.176. The Morgan fingerprint density at radius 2 is 0.946 bits per heavy atom. The molecule has 0 aromatic carbocycles. The molecule has 0 radical (unpaired) electrons. The number of hydrogen-bond donors (Lipinski definition) is 3. The molecule has 0 heterocycles. The van der Waals surface area contributed by atoms with E-state index in [2.05, 4.69) is 19.2 Å². The molecule has 0 saturated carbocycles. The Morgan fingerprint density at radius 3 is 1.32 bits per heavy atom. The number of phosphoric ester groups is 1. The molecule has 3 unspecified atom stereocenters. The van der Waals surface area contributed by atoms with E-state index in [4.69, 9.17) is 9.05 Å². The molecule has 9 heteroatoms. The predicted molar refractivity (Wildman–Crippen MR) is 240 cm³/mol. The van der Waals surface area contributed by atoms with E-state index in [1.807, 2.05) is 27.2 Å². The first-order chi connectivity index (χ1) is 27.0. The van der Waals surface area contributed by atoms with Crippen molar-refractivity contribution in [2.24, 2.45) is 0 Å². The van der Waals surface area contributed by atoms with Crippen molar-refractivity contribution in [1.29, 1.82) is 0 Å². The molecule has 56 heavy (non-hydrogen) atoms. The lowest BCUT2D eigenvalue weighted by molar-refractivity contribution is -0.870. The Morgan fingerprint density at radius 1 is 0.589 bits per heavy atom. The van der Waals surface area contributed by atoms with Gasteiger partial charge in [0.15, 0.2) is 0 Å². The van der Waals surface area contributed by atoms with Gasteiger partial charge in [0, 0.05) is 6.42 Å². The van der Waals surface area contributed by atoms with Crippen molar-refractivity contribution >= 4 is 13.7 Å². The van der Waals surface area contributed by atoms with Gasteiger partial charge in [0.25, 0.3) is 0 Å². The Balaban J connectivity index is 4.02. The predicted octanol–water partition coefficient (Wildman–Crippen LogP) is 13.5. The SMILES string of the molecule is CCCCCCCC/C=C/C(O)C(COP(=O)(O)OCC[N+](C)(C)C)NC(=O)CCCCCCCCCCCCCCCCCCCCCCCCCCCC. The molecule has 0 spiro atoms. The smallest absolute Gasteiger partial charge is 0.387 e. The highest BCUT2D eigenvalue weighted by Crippen LogP contribution is 2.43. The summed E-state index contributed by atoms with van der Waals surface area (Å²) in [6, 6.07) is -0.838. The second-order valence-electron chi connectivity index (χ2n) is 17.8. The van der Waals surface area contributed by atoms with Crippen molar-refractivity contribution in [1.82, 2.24) is 5.32 Å². The fraction of sp³-hybridized carbons (Fsp3) is 0.936. The number of hydrogen-bond acceptors (Lipinski definition) is 5. The van der Waals surface area contributed by atoms with Crippen LogP contribution in [0.5, 0.6) is 0 Å². The largest absolute Gasteiger partial charge is 0.472 e. The van der Waals surface area contributed by atoms with Crippen LogP contribution in [0.2, 0.25) is 0 Å². The Bertz CT molecular complexity index is 927. The van der Waals surface area contributed by atoms with Gasteiger partial charge in [-0.05, 0) is 19.3 Å². The molecule has 0 aliphatic heterocycles. The summed E-state index contributed by atoms with van der Waals surface area (Å²) in [5.41, 5.74) is 0. The Labute approximate surface area is 348 Å². The fourth-order valence-electron chi connectivity index (χ4n) is 7.16. The maximum absolute atomic E-state index is 12.8. The first-order valence-corrected chi connectivity index (χ1v) is 25.6. The normalized spacial score (nSPS) is 14.3. The molecular formula is C47H96N2O6P+. The third-order valence-electron chi connectivity index (χ3n) is 11.0. The van der Waals surface area contributed by atoms with Crippen molar-refractivity contribution in [3.63, 3.8) is 0 Å². The van der Waals surface area contributed by atoms with Crippen molar-refractivity contribution in [2.75, 3.05) is 40.9 Å². The second-order valence-corrected chi connectivity index (χ2v) is 19.3. The summed E-state index contributed by atoms with van der Waals surface area (Å²) in [4.78, 5) is 23.0. The lowest BCUT2D eigenvalue weighted by atomic mass is 10.0. The summed E-state index contributed by atoms with van der Waals surface area (Å²) in [6.45, 7) is 4.79. The highest BCUT2D eigenvalue weighted by atomic mass is 31.2. The molecule has 3 N–H and O–H groups in total. The number of carbonyl (C=O) groups is 1. The standard InChI is InChI=1S/C47H95N2O6P/c1-6-8-10-12-14-16-17-18-19-20-21-22-23-24-25-26-27-28-29-30-31-32-33-35-37-39-41-47(51)48-45(44-55-56(52,53)54-43-42-49(3,4)5)46(50)40-38-36-34-15-13-11-9-7-2/h38,40,45-46,50H,6-37,39,41-44H2,1-5H3,(H-,48,51,52,53)/p+1/b40-38+. The summed E-state index contributed by atoms with van der Waals surface area (Å²) >= 11 is 0. The van der Waals surface area contributed by atoms with E-state index in [1.54, 1.807) is 6.08 Å². The molecule has 0 fully saturated rings. The average molecular weight is 816 g/mol. The van der Waals surface area contributed by atoms with Gasteiger partial charge >= 0.3 is 7.82 Å². The fourth-order valence-corrected chi connectivity index (χ4v) is 7.90. The molecule has 0 aliphatic carbocycles. The van der Waals surface area contributed by atoms with Crippen LogP contribution in [0.1, 0.15) is 232 Å². The third-order valence-corrected chi connectivity index (χ3v) is 12.0. The molecule has 1 amide bonds. The summed E-state index contributed by atoms with van der Waals surface area (Å²) in [5, 5.41) is 13.7. The number of likely N-dealkylation sites (N-methyl/N-ethyl adjacent to an activating group) is 1. The van der Waals surface area contributed by atoms with Gasteiger partial charge in [0.2, 0.25) is 5.91 Å². The van der Waals surface area contributed by atoms with Gasteiger partial charge in [-0.2, -0.15) is 0 Å². The number of nitrogens with one attached hydrogen (secondary N) is 1. The minimum Gasteiger partial charge on any atom is -0.387 e. The number of amides is 1. The van der Waals surface area contributed by atoms with Crippen LogP contribution in [0.25, 0.3) is 0 Å². The van der Waals surface area contributed by atoms with Gasteiger partial charge in [-0.25, -0.2) is 4.57 Å². The molecule has 0 aliphatic rings. The Kier molecular flexibility index (Phi) is 39.1. The molecule has 0 bridgehead atoms. The number of rotatable bonds is 44. The van der Waals surface area contributed by atoms with Gasteiger partial charge in [-0.1, -0.05) is 219 Å². The number of quaternary nitrogens is 1. The summed E-state index contributed by atoms with van der Waals surface area (Å²) in [6.07, 6.45) is 46.0. The van der Waals surface area contributed by atoms with Crippen LogP contribution in [0.15, 0.2) is 12.2 Å². The zero-order chi connectivity index (χ0) is 41.4. The maximum Gasteiger partial charge on any atom is 0.472 e. The summed E-state index contributed by atoms with van der Waals surface area (Å²) < 4.78 is 23.5. The second kappa shape index (κ2) is 39.7. The van der Waals surface area contributed by atoms with E-state index in [-0.39, 0.29) is 19.1 Å². The lowest BCUT2D eigenvalue weighted by Crippen LogP contribution is -2.45. The topological polar surface area (TPSA) is 105 Å². The van der Waals surface area contributed by atoms with Crippen LogP contribution in [-0.2, 0) is 18.4 Å². The maximum atomic E-state index is 12.8. The summed E-state index contributed by atoms with van der Waals surface area (Å²) in [7, 11) is 1.58. The Hall–Kier alpha value is -0.760. The van der Waals surface area contributed by atoms with Gasteiger partial charge in [-0.3, -0.25) is 13.8 Å². The molecule has 0 saturated heterocycles. The first kappa shape index (κ1) is 55.2. The zero-order valence-corrected chi connectivity index (χ0v) is 38.8. The van der Waals surface area contributed by atoms with Crippen LogP contribution < -0.4 is 5.32 Å². The van der Waals surface area contributed by atoms with Gasteiger partial charge < -0.3 is 19.8 Å². The number of unbranched alkanes of at least 4 members (excludes halogenated alkanes) is 31. The van der Waals surface area contributed by atoms with E-state index in [9.17, 15) is 19.4 Å². The van der Waals surface area contributed by atoms with E-state index in [0.717, 1.165) is 38.5 Å². The molecule has 0 aromatic rings. The molecule has 0 rings (SSSR count). The van der Waals surface area contributed by atoms with Crippen molar-refractivity contribution in [2.45, 2.75) is 244 Å². The van der Waals surface area contributed by atoms with Gasteiger partial charge in [-0.15, -0.1) is 0 Å². The van der Waals surface area contributed by atoms with Crippen LogP contribution in [0.3, 0.4) is 0 Å². The quantitative estimate of drug-likeness (QED) is 0.0245. The van der Waals surface area contributed by atoms with Crippen LogP contribution in [0.4, 0.5) is 0 Å². The van der Waals surface area contributed by atoms with Gasteiger partial charge in [0.05, 0.1) is 39.9 Å². The molecule has 8 nitrogen and oxygen atoms in total. The number of carbonyl (C=O) groups excluding carboxylic acids is 1. The van der Waals surface area contributed by atoms with E-state index in [1.165, 1.54) is 173 Å². The molecule has 334 valence electrons. The molecular weight excluding hydrogens is 719 g/mol. The zero-order valence-electron chi connectivity index (χ0n) is 37.9. The van der Waals surface area contributed by atoms with Crippen LogP contribution in [0, 0.1) is 0 Å². The number of allylic oxidation sites excluding steroid dienone is 1. The minimum absolute atomic E-state index is 0.0641. The lowest BCUT2D eigenvalue weighted by Gasteiger charge is -2.25. The van der Waals surface area contributed by atoms with Crippen LogP contribution in [-0.4, -0.2) is 73.4 Å². The highest BCUT2D eigenvalue weighted by molar-refractivity contribution is 7.47. The van der Waals surface area contributed by atoms with Crippen molar-refractivity contribution in [3.05, 3.63) is 12.2 Å². The highest BCUT2D eigenvalue weighted by Gasteiger charge is 2.27. The monoisotopic (exact) mass is 816 g/mol.